The monoisotopic (exact) mass is 665 g/mol. The van der Waals surface area contributed by atoms with Crippen molar-refractivity contribution in [2.75, 3.05) is 59.7 Å². The number of rotatable bonds is 40. The Morgan fingerprint density at radius 2 is 0.681 bits per heavy atom. The predicted molar refractivity (Wildman–Crippen MR) is 208 cm³/mol. The van der Waals surface area contributed by atoms with E-state index >= 15 is 0 Å². The molecule has 1 N–H and O–H groups in total. The lowest BCUT2D eigenvalue weighted by molar-refractivity contribution is -0.910. The molecule has 4 heteroatoms. The summed E-state index contributed by atoms with van der Waals surface area (Å²) in [4.78, 5) is 0. The molecule has 0 saturated heterocycles. The highest BCUT2D eigenvalue weighted by atomic mass is 16.5. The van der Waals surface area contributed by atoms with Gasteiger partial charge < -0.3 is 19.1 Å². The Labute approximate surface area is 296 Å². The molecule has 0 aliphatic rings. The summed E-state index contributed by atoms with van der Waals surface area (Å²) in [5.74, 6) is 0. The highest BCUT2D eigenvalue weighted by Crippen LogP contribution is 2.12. The minimum absolute atomic E-state index is 0.223. The Balaban J connectivity index is 3.52. The van der Waals surface area contributed by atoms with E-state index in [0.717, 1.165) is 50.5 Å². The number of unbranched alkanes of at least 4 members (excludes halogenated alkanes) is 24. The van der Waals surface area contributed by atoms with Crippen LogP contribution >= 0.6 is 0 Å². The molecule has 0 unspecified atom stereocenters. The lowest BCUT2D eigenvalue weighted by atomic mass is 10.1. The Hall–Kier alpha value is -0.680. The van der Waals surface area contributed by atoms with Crippen molar-refractivity contribution in [3.63, 3.8) is 0 Å². The van der Waals surface area contributed by atoms with Crippen LogP contribution < -0.4 is 0 Å². The van der Waals surface area contributed by atoms with Gasteiger partial charge >= 0.3 is 0 Å². The smallest absolute Gasteiger partial charge is 0.102 e. The van der Waals surface area contributed by atoms with E-state index in [0.29, 0.717) is 0 Å². The third-order valence-corrected chi connectivity index (χ3v) is 9.79. The molecule has 0 aromatic carbocycles. The minimum Gasteiger partial charge on any atom is -0.391 e. The Morgan fingerprint density at radius 3 is 1.00 bits per heavy atom. The molecule has 4 nitrogen and oxygen atoms in total. The Morgan fingerprint density at radius 1 is 0.383 bits per heavy atom. The zero-order valence-corrected chi connectivity index (χ0v) is 32.5. The number of likely N-dealkylation sites (N-methyl/N-ethyl adjacent to an activating group) is 1. The first-order valence-corrected chi connectivity index (χ1v) is 21.1. The van der Waals surface area contributed by atoms with Crippen molar-refractivity contribution in [2.45, 2.75) is 194 Å². The number of aliphatic hydroxyl groups is 1. The molecular weight excluding hydrogens is 578 g/mol. The van der Waals surface area contributed by atoms with Gasteiger partial charge in [-0.15, -0.1) is 0 Å². The van der Waals surface area contributed by atoms with Crippen LogP contribution in [0.5, 0.6) is 0 Å². The number of allylic oxidation sites excluding steroid dienone is 4. The number of hydrogen-bond acceptors (Lipinski definition) is 3. The molecule has 280 valence electrons. The Kier molecular flexibility index (Phi) is 39.2. The fourth-order valence-corrected chi connectivity index (χ4v) is 6.25. The van der Waals surface area contributed by atoms with E-state index in [9.17, 15) is 5.11 Å². The highest BCUT2D eigenvalue weighted by molar-refractivity contribution is 4.82. The third kappa shape index (κ3) is 38.0. The number of aliphatic hydroxyl groups excluding tert-OH is 1. The minimum atomic E-state index is 0.223. The summed E-state index contributed by atoms with van der Waals surface area (Å²) in [5, 5.41) is 9.61. The predicted octanol–water partition coefficient (Wildman–Crippen LogP) is 12.5. The normalized spacial score (nSPS) is 12.3. The van der Waals surface area contributed by atoms with E-state index in [1.165, 1.54) is 180 Å². The molecule has 0 atom stereocenters. The molecule has 0 saturated carbocycles. The van der Waals surface area contributed by atoms with Gasteiger partial charge in [0, 0.05) is 13.2 Å². The van der Waals surface area contributed by atoms with E-state index in [-0.39, 0.29) is 6.61 Å². The van der Waals surface area contributed by atoms with E-state index in [1.54, 1.807) is 0 Å². The molecule has 0 spiro atoms. The maximum absolute atomic E-state index is 9.61. The Bertz CT molecular complexity index is 587. The van der Waals surface area contributed by atoms with Gasteiger partial charge in [0.15, 0.2) is 0 Å². The molecule has 0 aliphatic carbocycles. The van der Waals surface area contributed by atoms with Crippen LogP contribution in [0.1, 0.15) is 194 Å². The van der Waals surface area contributed by atoms with Crippen LogP contribution in [0.25, 0.3) is 0 Å². The summed E-state index contributed by atoms with van der Waals surface area (Å²) in [6.07, 6.45) is 47.1. The molecule has 0 radical (unpaired) electrons. The van der Waals surface area contributed by atoms with Gasteiger partial charge in [0.25, 0.3) is 0 Å². The maximum atomic E-state index is 9.61. The summed E-state index contributed by atoms with van der Waals surface area (Å²) in [7, 11) is 2.23. The van der Waals surface area contributed by atoms with Crippen molar-refractivity contribution in [3.8, 4) is 0 Å². The average Bonchev–Trinajstić information content (AvgIpc) is 3.07. The topological polar surface area (TPSA) is 38.7 Å². The first-order chi connectivity index (χ1) is 23.2. The summed E-state index contributed by atoms with van der Waals surface area (Å²) >= 11 is 0. The first kappa shape index (κ1) is 46.3. The van der Waals surface area contributed by atoms with E-state index in [2.05, 4.69) is 45.2 Å². The van der Waals surface area contributed by atoms with Crippen LogP contribution in [0.15, 0.2) is 24.3 Å². The van der Waals surface area contributed by atoms with Crippen LogP contribution in [0.3, 0.4) is 0 Å². The van der Waals surface area contributed by atoms with Gasteiger partial charge in [-0.05, 0) is 64.2 Å². The van der Waals surface area contributed by atoms with Gasteiger partial charge in [-0.1, -0.05) is 154 Å². The van der Waals surface area contributed by atoms with Gasteiger partial charge in [0.1, 0.15) is 19.6 Å². The highest BCUT2D eigenvalue weighted by Gasteiger charge is 2.20. The fraction of sp³-hybridized carbons (Fsp3) is 0.907. The maximum Gasteiger partial charge on any atom is 0.102 e. The average molecular weight is 665 g/mol. The zero-order valence-electron chi connectivity index (χ0n) is 32.5. The van der Waals surface area contributed by atoms with Crippen molar-refractivity contribution in [2.24, 2.45) is 0 Å². The largest absolute Gasteiger partial charge is 0.391 e. The number of nitrogens with zero attached hydrogens (tertiary/aromatic N) is 1. The van der Waals surface area contributed by atoms with Crippen molar-refractivity contribution < 1.29 is 19.1 Å². The molecule has 47 heavy (non-hydrogen) atoms. The third-order valence-electron chi connectivity index (χ3n) is 9.79. The molecule has 0 bridgehead atoms. The second-order valence-corrected chi connectivity index (χ2v) is 14.6. The second-order valence-electron chi connectivity index (χ2n) is 14.6. The van der Waals surface area contributed by atoms with Crippen LogP contribution in [-0.2, 0) is 9.47 Å². The van der Waals surface area contributed by atoms with Crippen molar-refractivity contribution in [3.05, 3.63) is 24.3 Å². The van der Waals surface area contributed by atoms with Crippen LogP contribution in [0.4, 0.5) is 0 Å². The van der Waals surface area contributed by atoms with Crippen LogP contribution in [-0.4, -0.2) is 69.3 Å². The molecule has 0 aromatic heterocycles. The molecule has 0 amide bonds. The van der Waals surface area contributed by atoms with Gasteiger partial charge in [-0.3, -0.25) is 0 Å². The van der Waals surface area contributed by atoms with Crippen molar-refractivity contribution >= 4 is 0 Å². The van der Waals surface area contributed by atoms with Crippen LogP contribution in [0, 0.1) is 0 Å². The second kappa shape index (κ2) is 39.8. The summed E-state index contributed by atoms with van der Waals surface area (Å²) in [6, 6.07) is 0. The fourth-order valence-electron chi connectivity index (χ4n) is 6.25. The summed E-state index contributed by atoms with van der Waals surface area (Å²) < 4.78 is 12.8. The lowest BCUT2D eigenvalue weighted by Gasteiger charge is -2.33. The lowest BCUT2D eigenvalue weighted by Crippen LogP contribution is -2.50. The number of ether oxygens (including phenoxy) is 2. The standard InChI is InChI=1S/C43H86NO3/c1-4-6-8-10-12-14-16-18-20-22-24-26-28-30-32-34-40-46-42-37-44(3,36-39-45)38-43-47-41-35-33-31-29-27-25-23-21-19-17-15-13-11-9-7-5-2/h18-21,45H,4-17,22-43H2,1-3H3/q+1/b20-18-,21-19-. The van der Waals surface area contributed by atoms with E-state index in [4.69, 9.17) is 9.47 Å². The van der Waals surface area contributed by atoms with E-state index in [1.807, 2.05) is 0 Å². The number of quaternary nitrogens is 1. The SMILES string of the molecule is CCCCCCCC/C=C\CCCCCCCCOCC[N+](C)(CCO)CCOCCCCCCCC/C=C\CCCCCCCC. The van der Waals surface area contributed by atoms with Crippen LogP contribution in [0.2, 0.25) is 0 Å². The summed E-state index contributed by atoms with van der Waals surface area (Å²) in [5.41, 5.74) is 0. The quantitative estimate of drug-likeness (QED) is 0.0402. The van der Waals surface area contributed by atoms with E-state index < -0.39 is 0 Å². The molecule has 0 aliphatic heterocycles. The van der Waals surface area contributed by atoms with Crippen molar-refractivity contribution in [1.82, 2.24) is 0 Å². The molecule has 0 heterocycles. The van der Waals surface area contributed by atoms with Gasteiger partial charge in [0.05, 0.1) is 26.9 Å². The first-order valence-electron chi connectivity index (χ1n) is 21.1. The van der Waals surface area contributed by atoms with Crippen molar-refractivity contribution in [1.29, 1.82) is 0 Å². The molecule has 0 fully saturated rings. The molecular formula is C43H86NO3+. The van der Waals surface area contributed by atoms with Gasteiger partial charge in [-0.25, -0.2) is 0 Å². The summed E-state index contributed by atoms with van der Waals surface area (Å²) in [6.45, 7) is 10.7. The number of hydrogen-bond donors (Lipinski definition) is 1. The van der Waals surface area contributed by atoms with Gasteiger partial charge in [0.2, 0.25) is 0 Å². The van der Waals surface area contributed by atoms with Gasteiger partial charge in [-0.2, -0.15) is 0 Å². The molecule has 0 aromatic rings. The zero-order chi connectivity index (χ0) is 34.2. The molecule has 0 rings (SSSR count).